The number of nitrogens with one attached hydrogen (secondary N) is 2. The molecule has 10 heteroatoms. The molecule has 4 aromatic rings. The Labute approximate surface area is 174 Å². The third kappa shape index (κ3) is 3.89. The van der Waals surface area contributed by atoms with Gasteiger partial charge in [-0.15, -0.1) is 11.3 Å². The first-order valence-corrected chi connectivity index (χ1v) is 9.63. The van der Waals surface area contributed by atoms with Crippen molar-refractivity contribution < 1.29 is 14.5 Å². The number of ether oxygens (including phenoxy) is 1. The van der Waals surface area contributed by atoms with Crippen molar-refractivity contribution in [2.45, 2.75) is 0 Å². The number of aromatic nitrogens is 3. The second kappa shape index (κ2) is 8.13. The summed E-state index contributed by atoms with van der Waals surface area (Å²) in [7, 11) is 1.57. The van der Waals surface area contributed by atoms with E-state index in [0.29, 0.717) is 33.5 Å². The predicted octanol–water partition coefficient (Wildman–Crippen LogP) is 4.37. The molecule has 0 aliphatic heterocycles. The summed E-state index contributed by atoms with van der Waals surface area (Å²) in [4.78, 5) is 35.2. The van der Waals surface area contributed by atoms with Crippen LogP contribution in [0.2, 0.25) is 0 Å². The van der Waals surface area contributed by atoms with Crippen molar-refractivity contribution in [2.75, 3.05) is 12.4 Å². The number of imidazole rings is 1. The Balaban J connectivity index is 1.79. The van der Waals surface area contributed by atoms with E-state index < -0.39 is 10.8 Å². The zero-order chi connectivity index (χ0) is 21.1. The highest BCUT2D eigenvalue weighted by Crippen LogP contribution is 2.29. The van der Waals surface area contributed by atoms with Gasteiger partial charge in [0.1, 0.15) is 23.0 Å². The summed E-state index contributed by atoms with van der Waals surface area (Å²) >= 11 is 1.29. The molecule has 0 atom stereocenters. The van der Waals surface area contributed by atoms with Gasteiger partial charge in [0.15, 0.2) is 5.13 Å². The minimum absolute atomic E-state index is 0.0660. The van der Waals surface area contributed by atoms with Crippen LogP contribution < -0.4 is 10.1 Å². The molecule has 0 spiro atoms. The number of nitro benzene ring substituents is 1. The molecule has 1 amide bonds. The Bertz CT molecular complexity index is 1200. The summed E-state index contributed by atoms with van der Waals surface area (Å²) in [5, 5.41) is 16.0. The van der Waals surface area contributed by atoms with Crippen molar-refractivity contribution in [2.24, 2.45) is 0 Å². The summed E-state index contributed by atoms with van der Waals surface area (Å²) in [6.45, 7) is 0. The van der Waals surface area contributed by atoms with E-state index in [1.807, 2.05) is 0 Å². The number of thiazole rings is 1. The standard InChI is InChI=1S/C20H15N5O4S/c1-29-15-7-5-12(6-8-15)16-17(19(26)24-20-21-9-10-30-20)23-18(22-16)13-3-2-4-14(11-13)25(27)28/h2-11H,1H3,(H,22,23)(H,21,24,26). The molecule has 0 aliphatic rings. The zero-order valence-electron chi connectivity index (χ0n) is 15.7. The van der Waals surface area contributed by atoms with Crippen LogP contribution in [0, 0.1) is 10.1 Å². The van der Waals surface area contributed by atoms with Crippen LogP contribution in [-0.4, -0.2) is 32.9 Å². The first kappa shape index (κ1) is 19.3. The lowest BCUT2D eigenvalue weighted by molar-refractivity contribution is -0.384. The molecule has 9 nitrogen and oxygen atoms in total. The molecular weight excluding hydrogens is 406 g/mol. The molecule has 2 N–H and O–H groups in total. The van der Waals surface area contributed by atoms with E-state index in [9.17, 15) is 14.9 Å². The van der Waals surface area contributed by atoms with Crippen molar-refractivity contribution >= 4 is 28.1 Å². The quantitative estimate of drug-likeness (QED) is 0.352. The number of nitro groups is 1. The van der Waals surface area contributed by atoms with E-state index in [4.69, 9.17) is 4.74 Å². The summed E-state index contributed by atoms with van der Waals surface area (Å²) in [5.41, 5.74) is 1.74. The van der Waals surface area contributed by atoms with Crippen LogP contribution in [0.5, 0.6) is 5.75 Å². The third-order valence-electron chi connectivity index (χ3n) is 4.28. The van der Waals surface area contributed by atoms with Gasteiger partial charge in [-0.1, -0.05) is 12.1 Å². The maximum Gasteiger partial charge on any atom is 0.276 e. The Morgan fingerprint density at radius 1 is 1.20 bits per heavy atom. The topological polar surface area (TPSA) is 123 Å². The lowest BCUT2D eigenvalue weighted by Crippen LogP contribution is -2.13. The first-order chi connectivity index (χ1) is 14.5. The van der Waals surface area contributed by atoms with E-state index >= 15 is 0 Å². The highest BCUT2D eigenvalue weighted by Gasteiger charge is 2.21. The van der Waals surface area contributed by atoms with Gasteiger partial charge < -0.3 is 9.72 Å². The number of rotatable bonds is 6. The van der Waals surface area contributed by atoms with Gasteiger partial charge in [-0.3, -0.25) is 20.2 Å². The minimum atomic E-state index is -0.479. The normalized spacial score (nSPS) is 10.6. The number of H-pyrrole nitrogens is 1. The fourth-order valence-electron chi connectivity index (χ4n) is 2.84. The van der Waals surface area contributed by atoms with Gasteiger partial charge in [-0.05, 0) is 24.3 Å². The SMILES string of the molecule is COc1ccc(-c2nc(-c3cccc([N+](=O)[O-])c3)[nH]c2C(=O)Nc2nccs2)cc1. The zero-order valence-corrected chi connectivity index (χ0v) is 16.5. The van der Waals surface area contributed by atoms with Gasteiger partial charge in [0.2, 0.25) is 0 Å². The predicted molar refractivity (Wildman–Crippen MR) is 113 cm³/mol. The van der Waals surface area contributed by atoms with Gasteiger partial charge in [-0.25, -0.2) is 9.97 Å². The molecule has 0 fully saturated rings. The van der Waals surface area contributed by atoms with Crippen molar-refractivity contribution in [1.29, 1.82) is 0 Å². The van der Waals surface area contributed by atoms with Gasteiger partial charge in [0, 0.05) is 34.8 Å². The Morgan fingerprint density at radius 3 is 2.67 bits per heavy atom. The summed E-state index contributed by atoms with van der Waals surface area (Å²) in [6, 6.07) is 13.1. The van der Waals surface area contributed by atoms with Crippen LogP contribution in [-0.2, 0) is 0 Å². The lowest BCUT2D eigenvalue weighted by Gasteiger charge is -2.04. The molecule has 2 heterocycles. The summed E-state index contributed by atoms with van der Waals surface area (Å²) in [6.07, 6.45) is 1.59. The van der Waals surface area contributed by atoms with E-state index in [0.717, 1.165) is 0 Å². The van der Waals surface area contributed by atoms with E-state index in [1.165, 1.54) is 23.5 Å². The number of benzene rings is 2. The number of carbonyl (C=O) groups is 1. The smallest absolute Gasteiger partial charge is 0.276 e. The molecule has 30 heavy (non-hydrogen) atoms. The van der Waals surface area contributed by atoms with Crippen LogP contribution in [0.25, 0.3) is 22.6 Å². The largest absolute Gasteiger partial charge is 0.497 e. The second-order valence-corrected chi connectivity index (χ2v) is 7.03. The second-order valence-electron chi connectivity index (χ2n) is 6.14. The first-order valence-electron chi connectivity index (χ1n) is 8.75. The van der Waals surface area contributed by atoms with Crippen LogP contribution in [0.1, 0.15) is 10.5 Å². The van der Waals surface area contributed by atoms with Crippen LogP contribution >= 0.6 is 11.3 Å². The van der Waals surface area contributed by atoms with Crippen LogP contribution in [0.3, 0.4) is 0 Å². The molecule has 0 radical (unpaired) electrons. The van der Waals surface area contributed by atoms with Crippen LogP contribution in [0.15, 0.2) is 60.1 Å². The average Bonchev–Trinajstić information content (AvgIpc) is 3.44. The number of nitrogens with zero attached hydrogens (tertiary/aromatic N) is 3. The lowest BCUT2D eigenvalue weighted by atomic mass is 10.1. The van der Waals surface area contributed by atoms with Gasteiger partial charge in [0.05, 0.1) is 12.0 Å². The number of non-ortho nitro benzene ring substituents is 1. The number of hydrogen-bond acceptors (Lipinski definition) is 7. The van der Waals surface area contributed by atoms with Crippen molar-refractivity contribution in [1.82, 2.24) is 15.0 Å². The number of carbonyl (C=O) groups excluding carboxylic acids is 1. The van der Waals surface area contributed by atoms with E-state index in [-0.39, 0.29) is 11.4 Å². The molecule has 150 valence electrons. The highest BCUT2D eigenvalue weighted by molar-refractivity contribution is 7.13. The Kier molecular flexibility index (Phi) is 5.22. The maximum atomic E-state index is 12.9. The number of methoxy groups -OCH3 is 1. The molecule has 2 aromatic heterocycles. The molecule has 0 bridgehead atoms. The Morgan fingerprint density at radius 2 is 2.00 bits per heavy atom. The molecule has 0 saturated heterocycles. The number of aromatic amines is 1. The third-order valence-corrected chi connectivity index (χ3v) is 4.97. The summed E-state index contributed by atoms with van der Waals surface area (Å²) in [5.74, 6) is 0.593. The van der Waals surface area contributed by atoms with Crippen molar-refractivity contribution in [3.05, 3.63) is 75.9 Å². The number of hydrogen-bond donors (Lipinski definition) is 2. The summed E-state index contributed by atoms with van der Waals surface area (Å²) < 4.78 is 5.18. The molecule has 2 aromatic carbocycles. The fourth-order valence-corrected chi connectivity index (χ4v) is 3.37. The number of amides is 1. The fraction of sp³-hybridized carbons (Fsp3) is 0.0500. The maximum absolute atomic E-state index is 12.9. The van der Waals surface area contributed by atoms with Gasteiger partial charge in [0.25, 0.3) is 11.6 Å². The monoisotopic (exact) mass is 421 g/mol. The minimum Gasteiger partial charge on any atom is -0.497 e. The van der Waals surface area contributed by atoms with Crippen molar-refractivity contribution in [3.8, 4) is 28.4 Å². The molecule has 0 saturated carbocycles. The van der Waals surface area contributed by atoms with E-state index in [1.54, 1.807) is 55.1 Å². The number of anilines is 1. The van der Waals surface area contributed by atoms with Crippen molar-refractivity contribution in [3.63, 3.8) is 0 Å². The van der Waals surface area contributed by atoms with Gasteiger partial charge in [-0.2, -0.15) is 0 Å². The molecule has 0 aliphatic carbocycles. The average molecular weight is 421 g/mol. The van der Waals surface area contributed by atoms with E-state index in [2.05, 4.69) is 20.3 Å². The molecule has 4 rings (SSSR count). The van der Waals surface area contributed by atoms with Gasteiger partial charge >= 0.3 is 0 Å². The van der Waals surface area contributed by atoms with Crippen LogP contribution in [0.4, 0.5) is 10.8 Å². The molecule has 0 unspecified atom stereocenters. The Hall–Kier alpha value is -4.05. The molecular formula is C20H15N5O4S. The highest BCUT2D eigenvalue weighted by atomic mass is 32.1.